The second kappa shape index (κ2) is 5.06. The van der Waals surface area contributed by atoms with E-state index in [9.17, 15) is 9.90 Å². The van der Waals surface area contributed by atoms with Crippen LogP contribution >= 0.6 is 0 Å². The number of hydrogen-bond donors (Lipinski definition) is 0. The molecule has 4 heteroatoms. The van der Waals surface area contributed by atoms with Gasteiger partial charge in [0.2, 0.25) is 0 Å². The first-order valence-electron chi connectivity index (χ1n) is 6.79. The highest BCUT2D eigenvalue weighted by Gasteiger charge is 2.40. The molecule has 0 spiro atoms. The molecule has 1 aromatic carbocycles. The number of benzene rings is 1. The van der Waals surface area contributed by atoms with Crippen molar-refractivity contribution >= 4 is 17.4 Å². The van der Waals surface area contributed by atoms with Gasteiger partial charge in [0.15, 0.2) is 0 Å². The number of carbonyl (C=O) groups excluding carboxylic acids is 1. The molecule has 1 aliphatic heterocycles. The summed E-state index contributed by atoms with van der Waals surface area (Å²) in [6, 6.07) is 14.9. The van der Waals surface area contributed by atoms with Gasteiger partial charge in [-0.1, -0.05) is 31.2 Å². The number of pyridine rings is 1. The smallest absolute Gasteiger partial charge is 0.320 e. The third-order valence-electron chi connectivity index (χ3n) is 3.71. The Hall–Kier alpha value is -2.20. The number of rotatable bonds is 2. The van der Waals surface area contributed by atoms with Gasteiger partial charge in [-0.3, -0.25) is 0 Å². The van der Waals surface area contributed by atoms with Crippen molar-refractivity contribution in [2.45, 2.75) is 19.6 Å². The second-order valence-electron chi connectivity index (χ2n) is 4.88. The Balaban J connectivity index is 2.18. The van der Waals surface area contributed by atoms with Gasteiger partial charge in [0.05, 0.1) is 12.1 Å². The number of aromatic nitrogens is 1. The van der Waals surface area contributed by atoms with E-state index < -0.39 is 12.1 Å². The Kier molecular flexibility index (Phi) is 3.24. The number of fused-ring (bicyclic) bond motifs is 1. The SMILES string of the molecule is CCC1C(=O)[n+]2ccccc2N(c2ccccc2)C1[O-]. The lowest BCUT2D eigenvalue weighted by molar-refractivity contribution is -0.580. The second-order valence-corrected chi connectivity index (χ2v) is 4.88. The maximum Gasteiger partial charge on any atom is 0.320 e. The zero-order chi connectivity index (χ0) is 14.1. The van der Waals surface area contributed by atoms with Gasteiger partial charge in [-0.2, -0.15) is 4.57 Å². The molecular weight excluding hydrogens is 252 g/mol. The molecule has 4 nitrogen and oxygen atoms in total. The quantitative estimate of drug-likeness (QED) is 0.775. The van der Waals surface area contributed by atoms with Crippen LogP contribution in [0.3, 0.4) is 0 Å². The van der Waals surface area contributed by atoms with Crippen LogP contribution in [0.15, 0.2) is 54.7 Å². The van der Waals surface area contributed by atoms with Gasteiger partial charge in [-0.15, -0.1) is 0 Å². The molecule has 20 heavy (non-hydrogen) atoms. The van der Waals surface area contributed by atoms with Crippen LogP contribution in [0, 0.1) is 5.92 Å². The molecule has 1 aromatic heterocycles. The van der Waals surface area contributed by atoms with E-state index in [0.29, 0.717) is 12.2 Å². The van der Waals surface area contributed by atoms with Crippen molar-refractivity contribution in [1.82, 2.24) is 0 Å². The van der Waals surface area contributed by atoms with Crippen LogP contribution in [-0.4, -0.2) is 12.1 Å². The minimum absolute atomic E-state index is 0.115. The lowest BCUT2D eigenvalue weighted by atomic mass is 9.99. The Labute approximate surface area is 117 Å². The van der Waals surface area contributed by atoms with Crippen molar-refractivity contribution in [2.75, 3.05) is 4.90 Å². The van der Waals surface area contributed by atoms with E-state index in [-0.39, 0.29) is 5.91 Å². The predicted molar refractivity (Wildman–Crippen MR) is 73.4 cm³/mol. The fourth-order valence-corrected chi connectivity index (χ4v) is 2.67. The fourth-order valence-electron chi connectivity index (χ4n) is 2.67. The summed E-state index contributed by atoms with van der Waals surface area (Å²) in [6.45, 7) is 1.88. The number of para-hydroxylation sites is 1. The molecule has 2 unspecified atom stereocenters. The normalized spacial score (nSPS) is 21.7. The van der Waals surface area contributed by atoms with Gasteiger partial charge in [-0.05, 0) is 24.6 Å². The van der Waals surface area contributed by atoms with Crippen LogP contribution < -0.4 is 14.6 Å². The summed E-state index contributed by atoms with van der Waals surface area (Å²) in [5.41, 5.74) is 0.818. The van der Waals surface area contributed by atoms with Crippen LogP contribution in [0.2, 0.25) is 0 Å². The maximum atomic E-state index is 12.7. The highest BCUT2D eigenvalue weighted by molar-refractivity contribution is 5.77. The molecule has 3 rings (SSSR count). The summed E-state index contributed by atoms with van der Waals surface area (Å²) < 4.78 is 1.58. The van der Waals surface area contributed by atoms with Crippen molar-refractivity contribution in [3.8, 4) is 0 Å². The molecule has 0 radical (unpaired) electrons. The van der Waals surface area contributed by atoms with E-state index in [2.05, 4.69) is 0 Å². The van der Waals surface area contributed by atoms with E-state index in [1.165, 1.54) is 0 Å². The van der Waals surface area contributed by atoms with Gasteiger partial charge in [0, 0.05) is 12.3 Å². The van der Waals surface area contributed by atoms with Gasteiger partial charge >= 0.3 is 5.91 Å². The van der Waals surface area contributed by atoms with E-state index >= 15 is 0 Å². The minimum Gasteiger partial charge on any atom is -0.817 e. The van der Waals surface area contributed by atoms with Crippen LogP contribution in [-0.2, 0) is 0 Å². The maximum absolute atomic E-state index is 12.7. The molecule has 1 aliphatic rings. The van der Waals surface area contributed by atoms with Crippen LogP contribution in [0.4, 0.5) is 11.5 Å². The standard InChI is InChI=1S/C16H16N2O2/c1-2-13-15(19)17-11-7-6-10-14(17)18(16(13)20)12-8-4-3-5-9-12/h3-11,13,16H,2H2,1H3. The highest BCUT2D eigenvalue weighted by atomic mass is 16.3. The lowest BCUT2D eigenvalue weighted by Gasteiger charge is -2.39. The molecule has 2 aromatic rings. The highest BCUT2D eigenvalue weighted by Crippen LogP contribution is 2.30. The molecule has 0 amide bonds. The first kappa shape index (κ1) is 12.8. The van der Waals surface area contributed by atoms with Crippen LogP contribution in [0.25, 0.3) is 0 Å². The predicted octanol–water partition coefficient (Wildman–Crippen LogP) is 1.48. The lowest BCUT2D eigenvalue weighted by Crippen LogP contribution is -2.65. The van der Waals surface area contributed by atoms with E-state index in [0.717, 1.165) is 5.69 Å². The van der Waals surface area contributed by atoms with Crippen molar-refractivity contribution < 1.29 is 14.5 Å². The first-order valence-corrected chi connectivity index (χ1v) is 6.79. The summed E-state index contributed by atoms with van der Waals surface area (Å²) in [5.74, 6) is -0.0150. The monoisotopic (exact) mass is 268 g/mol. The molecule has 0 aliphatic carbocycles. The zero-order valence-corrected chi connectivity index (χ0v) is 11.3. The van der Waals surface area contributed by atoms with Gasteiger partial charge in [-0.25, -0.2) is 9.69 Å². The third kappa shape index (κ3) is 1.89. The molecule has 2 atom stereocenters. The van der Waals surface area contributed by atoms with E-state index in [1.807, 2.05) is 55.5 Å². The molecule has 0 N–H and O–H groups in total. The summed E-state index contributed by atoms with van der Waals surface area (Å²) in [6.07, 6.45) is 1.18. The first-order chi connectivity index (χ1) is 9.74. The molecule has 0 fully saturated rings. The van der Waals surface area contributed by atoms with Gasteiger partial charge < -0.3 is 5.11 Å². The molecule has 2 heterocycles. The van der Waals surface area contributed by atoms with Crippen molar-refractivity contribution in [2.24, 2.45) is 5.92 Å². The number of carbonyl (C=O) groups is 1. The Morgan fingerprint density at radius 1 is 1.15 bits per heavy atom. The van der Waals surface area contributed by atoms with E-state index in [4.69, 9.17) is 0 Å². The largest absolute Gasteiger partial charge is 0.817 e. The molecule has 0 bridgehead atoms. The third-order valence-corrected chi connectivity index (χ3v) is 3.71. The zero-order valence-electron chi connectivity index (χ0n) is 11.3. The van der Waals surface area contributed by atoms with Crippen molar-refractivity contribution in [3.63, 3.8) is 0 Å². The number of hydrogen-bond acceptors (Lipinski definition) is 3. The Morgan fingerprint density at radius 2 is 1.85 bits per heavy atom. The number of anilines is 2. The summed E-state index contributed by atoms with van der Waals surface area (Å²) in [4.78, 5) is 14.1. The average Bonchev–Trinajstić information content (AvgIpc) is 2.49. The molecule has 0 saturated heterocycles. The Bertz CT molecular complexity index is 627. The summed E-state index contributed by atoms with van der Waals surface area (Å²) in [5, 5.41) is 12.7. The fraction of sp³-hybridized carbons (Fsp3) is 0.250. The number of nitrogens with zero attached hydrogens (tertiary/aromatic N) is 2. The van der Waals surface area contributed by atoms with Crippen LogP contribution in [0.5, 0.6) is 0 Å². The average molecular weight is 268 g/mol. The molecule has 102 valence electrons. The Morgan fingerprint density at radius 3 is 2.55 bits per heavy atom. The minimum atomic E-state index is -1.09. The van der Waals surface area contributed by atoms with Gasteiger partial charge in [0.1, 0.15) is 5.69 Å². The summed E-state index contributed by atoms with van der Waals surface area (Å²) in [7, 11) is 0. The van der Waals surface area contributed by atoms with Crippen LogP contribution in [0.1, 0.15) is 18.1 Å². The summed E-state index contributed by atoms with van der Waals surface area (Å²) >= 11 is 0. The molecular formula is C16H16N2O2. The van der Waals surface area contributed by atoms with Gasteiger partial charge in [0.25, 0.3) is 5.82 Å². The topological polar surface area (TPSA) is 47.2 Å². The van der Waals surface area contributed by atoms with Crippen molar-refractivity contribution in [1.29, 1.82) is 0 Å². The van der Waals surface area contributed by atoms with E-state index in [1.54, 1.807) is 15.7 Å². The molecule has 0 saturated carbocycles. The van der Waals surface area contributed by atoms with Crippen molar-refractivity contribution in [3.05, 3.63) is 54.7 Å².